The summed E-state index contributed by atoms with van der Waals surface area (Å²) in [5, 5.41) is 24.3. The summed E-state index contributed by atoms with van der Waals surface area (Å²) in [6.45, 7) is 1.80. The molecule has 0 aromatic heterocycles. The van der Waals surface area contributed by atoms with Gasteiger partial charge in [-0.05, 0) is 53.3 Å². The summed E-state index contributed by atoms with van der Waals surface area (Å²) in [5.41, 5.74) is 0.172. The molecule has 0 spiro atoms. The summed E-state index contributed by atoms with van der Waals surface area (Å²) in [6.07, 6.45) is 0. The molecule has 0 aliphatic carbocycles. The molecule has 8 nitrogen and oxygen atoms in total. The summed E-state index contributed by atoms with van der Waals surface area (Å²) in [4.78, 5) is 32.4. The van der Waals surface area contributed by atoms with E-state index in [0.717, 1.165) is 27.3 Å². The van der Waals surface area contributed by atoms with Gasteiger partial charge in [-0.25, -0.2) is 0 Å². The quantitative estimate of drug-likeness (QED) is 0.454. The fourth-order valence-corrected chi connectivity index (χ4v) is 2.55. The minimum absolute atomic E-state index is 0.149. The van der Waals surface area contributed by atoms with Crippen molar-refractivity contribution in [2.45, 2.75) is 6.92 Å². The highest BCUT2D eigenvalue weighted by Gasteiger charge is 2.20. The van der Waals surface area contributed by atoms with Crippen LogP contribution in [0.1, 0.15) is 15.9 Å². The lowest BCUT2D eigenvalue weighted by Crippen LogP contribution is -2.13. The largest absolute Gasteiger partial charge is 0.322 e. The number of nitrogens with one attached hydrogen (secondary N) is 1. The first-order chi connectivity index (χ1) is 10.8. The third-order valence-electron chi connectivity index (χ3n) is 3.02. The lowest BCUT2D eigenvalue weighted by atomic mass is 10.1. The number of hydrogen-bond donors (Lipinski definition) is 1. The van der Waals surface area contributed by atoms with Crippen molar-refractivity contribution in [1.82, 2.24) is 0 Å². The maximum atomic E-state index is 12.2. The number of anilines is 1. The number of carbonyl (C=O) groups excluding carboxylic acids is 1. The van der Waals surface area contributed by atoms with E-state index in [9.17, 15) is 25.0 Å². The topological polar surface area (TPSA) is 115 Å². The van der Waals surface area contributed by atoms with Gasteiger partial charge in [0.25, 0.3) is 17.3 Å². The fourth-order valence-electron chi connectivity index (χ4n) is 1.90. The van der Waals surface area contributed by atoms with E-state index in [0.29, 0.717) is 5.69 Å². The van der Waals surface area contributed by atoms with Crippen LogP contribution in [0.5, 0.6) is 0 Å². The number of benzene rings is 2. The van der Waals surface area contributed by atoms with E-state index < -0.39 is 27.1 Å². The molecule has 0 unspecified atom stereocenters. The molecule has 9 heteroatoms. The molecule has 1 amide bonds. The Hall–Kier alpha value is -2.56. The minimum Gasteiger partial charge on any atom is -0.322 e. The lowest BCUT2D eigenvalue weighted by Gasteiger charge is -2.08. The first-order valence-electron chi connectivity index (χ1n) is 6.29. The van der Waals surface area contributed by atoms with Gasteiger partial charge in [0, 0.05) is 21.4 Å². The Balaban J connectivity index is 2.38. The van der Waals surface area contributed by atoms with Crippen LogP contribution in [0.2, 0.25) is 0 Å². The van der Waals surface area contributed by atoms with Gasteiger partial charge in [0.05, 0.1) is 21.5 Å². The summed E-state index contributed by atoms with van der Waals surface area (Å²) in [6, 6.07) is 8.16. The van der Waals surface area contributed by atoms with E-state index in [1.165, 1.54) is 0 Å². The summed E-state index contributed by atoms with van der Waals surface area (Å²) in [7, 11) is 0. The SMILES string of the molecule is Cc1cc(I)ccc1NC(=O)c1cc([N+](=O)[O-])cc([N+](=O)[O-])c1. The standard InChI is InChI=1S/C14H10IN3O5/c1-8-4-10(15)2-3-13(8)16-14(19)9-5-11(17(20)21)7-12(6-9)18(22)23/h2-7H,1H3,(H,16,19). The molecule has 0 atom stereocenters. The molecule has 0 fully saturated rings. The van der Waals surface area contributed by atoms with Crippen LogP contribution >= 0.6 is 22.6 Å². The Morgan fingerprint density at radius 2 is 1.61 bits per heavy atom. The molecule has 118 valence electrons. The number of non-ortho nitro benzene ring substituents is 2. The zero-order chi connectivity index (χ0) is 17.1. The molecular weight excluding hydrogens is 417 g/mol. The predicted molar refractivity (Wildman–Crippen MR) is 91.6 cm³/mol. The summed E-state index contributed by atoms with van der Waals surface area (Å²) < 4.78 is 0.990. The molecule has 2 aromatic rings. The highest BCUT2D eigenvalue weighted by molar-refractivity contribution is 14.1. The van der Waals surface area contributed by atoms with Gasteiger partial charge in [-0.2, -0.15) is 0 Å². The number of nitrogens with zero attached hydrogens (tertiary/aromatic N) is 2. The highest BCUT2D eigenvalue weighted by atomic mass is 127. The first kappa shape index (κ1) is 16.8. The van der Waals surface area contributed by atoms with Crippen molar-refractivity contribution in [2.75, 3.05) is 5.32 Å². The van der Waals surface area contributed by atoms with Crippen LogP contribution in [0.15, 0.2) is 36.4 Å². The second kappa shape index (κ2) is 6.69. The molecule has 23 heavy (non-hydrogen) atoms. The Bertz CT molecular complexity index is 790. The van der Waals surface area contributed by atoms with Crippen molar-refractivity contribution in [1.29, 1.82) is 0 Å². The number of rotatable bonds is 4. The Morgan fingerprint density at radius 3 is 2.09 bits per heavy atom. The average Bonchev–Trinajstić information content (AvgIpc) is 2.49. The molecular formula is C14H10IN3O5. The van der Waals surface area contributed by atoms with Gasteiger partial charge in [-0.15, -0.1) is 0 Å². The number of hydrogen-bond acceptors (Lipinski definition) is 5. The maximum absolute atomic E-state index is 12.2. The normalized spacial score (nSPS) is 10.2. The van der Waals surface area contributed by atoms with Gasteiger partial charge in [-0.3, -0.25) is 25.0 Å². The monoisotopic (exact) mass is 427 g/mol. The molecule has 0 aliphatic heterocycles. The molecule has 0 saturated carbocycles. The second-order valence-corrected chi connectivity index (χ2v) is 5.91. The van der Waals surface area contributed by atoms with Crippen LogP contribution in [-0.2, 0) is 0 Å². The first-order valence-corrected chi connectivity index (χ1v) is 7.37. The van der Waals surface area contributed by atoms with E-state index in [2.05, 4.69) is 27.9 Å². The molecule has 0 bridgehead atoms. The number of halogens is 1. The van der Waals surface area contributed by atoms with Gasteiger partial charge < -0.3 is 5.32 Å². The molecule has 0 saturated heterocycles. The van der Waals surface area contributed by atoms with Crippen molar-refractivity contribution in [3.05, 3.63) is 71.3 Å². The highest BCUT2D eigenvalue weighted by Crippen LogP contribution is 2.24. The lowest BCUT2D eigenvalue weighted by molar-refractivity contribution is -0.394. The third-order valence-corrected chi connectivity index (χ3v) is 3.69. The van der Waals surface area contributed by atoms with Gasteiger partial charge in [0.2, 0.25) is 0 Å². The maximum Gasteiger partial charge on any atom is 0.277 e. The van der Waals surface area contributed by atoms with Crippen LogP contribution in [-0.4, -0.2) is 15.8 Å². The van der Waals surface area contributed by atoms with Crippen molar-refractivity contribution in [2.24, 2.45) is 0 Å². The minimum atomic E-state index is -0.778. The van der Waals surface area contributed by atoms with Crippen molar-refractivity contribution < 1.29 is 14.6 Å². The summed E-state index contributed by atoms with van der Waals surface area (Å²) >= 11 is 2.13. The number of carbonyl (C=O) groups is 1. The zero-order valence-corrected chi connectivity index (χ0v) is 13.9. The molecule has 0 radical (unpaired) electrons. The van der Waals surface area contributed by atoms with Crippen LogP contribution in [0.4, 0.5) is 17.1 Å². The molecule has 2 rings (SSSR count). The Labute approximate surface area is 143 Å². The van der Waals surface area contributed by atoms with E-state index in [1.807, 2.05) is 6.07 Å². The molecule has 0 heterocycles. The Morgan fingerprint density at radius 1 is 1.04 bits per heavy atom. The van der Waals surface area contributed by atoms with Crippen LogP contribution in [0, 0.1) is 30.7 Å². The van der Waals surface area contributed by atoms with Crippen LogP contribution in [0.3, 0.4) is 0 Å². The second-order valence-electron chi connectivity index (χ2n) is 4.67. The van der Waals surface area contributed by atoms with Crippen molar-refractivity contribution in [3.8, 4) is 0 Å². The van der Waals surface area contributed by atoms with Crippen molar-refractivity contribution in [3.63, 3.8) is 0 Å². The summed E-state index contributed by atoms with van der Waals surface area (Å²) in [5.74, 6) is -0.652. The molecule has 1 N–H and O–H groups in total. The van der Waals surface area contributed by atoms with Crippen LogP contribution < -0.4 is 5.32 Å². The van der Waals surface area contributed by atoms with Gasteiger partial charge in [0.1, 0.15) is 0 Å². The third kappa shape index (κ3) is 4.00. The van der Waals surface area contributed by atoms with E-state index >= 15 is 0 Å². The predicted octanol–water partition coefficient (Wildman–Crippen LogP) is 3.67. The van der Waals surface area contributed by atoms with Gasteiger partial charge in [-0.1, -0.05) is 0 Å². The number of aryl methyl sites for hydroxylation is 1. The zero-order valence-electron chi connectivity index (χ0n) is 11.8. The van der Waals surface area contributed by atoms with Crippen LogP contribution in [0.25, 0.3) is 0 Å². The molecule has 2 aromatic carbocycles. The van der Waals surface area contributed by atoms with E-state index in [1.54, 1.807) is 19.1 Å². The van der Waals surface area contributed by atoms with E-state index in [4.69, 9.17) is 0 Å². The van der Waals surface area contributed by atoms with Gasteiger partial charge in [0.15, 0.2) is 0 Å². The fraction of sp³-hybridized carbons (Fsp3) is 0.0714. The van der Waals surface area contributed by atoms with Crippen molar-refractivity contribution >= 4 is 45.6 Å². The smallest absolute Gasteiger partial charge is 0.277 e. The number of amides is 1. The Kier molecular flexibility index (Phi) is 4.89. The molecule has 0 aliphatic rings. The average molecular weight is 427 g/mol. The van der Waals surface area contributed by atoms with Gasteiger partial charge >= 0.3 is 0 Å². The van der Waals surface area contributed by atoms with E-state index in [-0.39, 0.29) is 5.56 Å². The number of nitro groups is 2. The number of nitro benzene ring substituents is 2.